The minimum absolute atomic E-state index is 0.251. The molecule has 0 unspecified atom stereocenters. The predicted octanol–water partition coefficient (Wildman–Crippen LogP) is 3.29. The van der Waals surface area contributed by atoms with Gasteiger partial charge in [-0.3, -0.25) is 4.79 Å². The topological polar surface area (TPSA) is 74.3 Å². The van der Waals surface area contributed by atoms with E-state index in [1.807, 2.05) is 45.0 Å². The van der Waals surface area contributed by atoms with E-state index in [-0.39, 0.29) is 19.1 Å². The average Bonchev–Trinajstić information content (AvgIpc) is 2.76. The molecule has 0 aliphatic carbocycles. The summed E-state index contributed by atoms with van der Waals surface area (Å²) in [7, 11) is 3.13. The first-order valence-corrected chi connectivity index (χ1v) is 9.72. The molecule has 2 aromatic rings. The van der Waals surface area contributed by atoms with Crippen LogP contribution in [0.25, 0.3) is 0 Å². The quantitative estimate of drug-likeness (QED) is 0.555. The van der Waals surface area contributed by atoms with Crippen LogP contribution in [0.1, 0.15) is 23.6 Å². The molecule has 0 saturated heterocycles. The van der Waals surface area contributed by atoms with Crippen LogP contribution in [0.15, 0.2) is 36.4 Å². The largest absolute Gasteiger partial charge is 0.493 e. The van der Waals surface area contributed by atoms with E-state index in [1.165, 1.54) is 0 Å². The summed E-state index contributed by atoms with van der Waals surface area (Å²) >= 11 is 0. The SMILES string of the molecule is CCN(Cc1ccc(OC)c(OC)c1)C(=O)COC(=O)COc1cccc(C)c1C. The van der Waals surface area contributed by atoms with E-state index < -0.39 is 5.97 Å². The molecule has 2 aromatic carbocycles. The maximum atomic E-state index is 12.5. The van der Waals surface area contributed by atoms with E-state index in [0.717, 1.165) is 16.7 Å². The van der Waals surface area contributed by atoms with Gasteiger partial charge >= 0.3 is 5.97 Å². The van der Waals surface area contributed by atoms with Crippen molar-refractivity contribution in [2.24, 2.45) is 0 Å². The van der Waals surface area contributed by atoms with Crippen LogP contribution in [0.3, 0.4) is 0 Å². The molecule has 0 fully saturated rings. The highest BCUT2D eigenvalue weighted by molar-refractivity contribution is 5.81. The van der Waals surface area contributed by atoms with Crippen molar-refractivity contribution in [3.8, 4) is 17.2 Å². The van der Waals surface area contributed by atoms with Crippen molar-refractivity contribution < 1.29 is 28.5 Å². The molecule has 7 nitrogen and oxygen atoms in total. The maximum absolute atomic E-state index is 12.5. The fourth-order valence-electron chi connectivity index (χ4n) is 2.87. The highest BCUT2D eigenvalue weighted by atomic mass is 16.6. The molecule has 30 heavy (non-hydrogen) atoms. The Morgan fingerprint density at radius 2 is 1.67 bits per heavy atom. The van der Waals surface area contributed by atoms with Gasteiger partial charge in [-0.2, -0.15) is 0 Å². The molecule has 1 amide bonds. The fourth-order valence-corrected chi connectivity index (χ4v) is 2.87. The Labute approximate surface area is 177 Å². The molecule has 0 heterocycles. The number of carbonyl (C=O) groups excluding carboxylic acids is 2. The summed E-state index contributed by atoms with van der Waals surface area (Å²) in [4.78, 5) is 26.1. The Balaban J connectivity index is 1.87. The normalized spacial score (nSPS) is 10.3. The zero-order chi connectivity index (χ0) is 22.1. The summed E-state index contributed by atoms with van der Waals surface area (Å²) in [5.41, 5.74) is 2.92. The van der Waals surface area contributed by atoms with E-state index in [9.17, 15) is 9.59 Å². The molecule has 0 atom stereocenters. The van der Waals surface area contributed by atoms with E-state index in [4.69, 9.17) is 18.9 Å². The van der Waals surface area contributed by atoms with Gasteiger partial charge in [0.1, 0.15) is 5.75 Å². The van der Waals surface area contributed by atoms with Crippen LogP contribution in [-0.4, -0.2) is 50.8 Å². The Kier molecular flexibility index (Phi) is 8.53. The van der Waals surface area contributed by atoms with Gasteiger partial charge in [-0.15, -0.1) is 0 Å². The van der Waals surface area contributed by atoms with Gasteiger partial charge in [0, 0.05) is 13.1 Å². The Morgan fingerprint density at radius 1 is 0.933 bits per heavy atom. The second-order valence-corrected chi connectivity index (χ2v) is 6.74. The number of hydrogen-bond donors (Lipinski definition) is 0. The minimum Gasteiger partial charge on any atom is -0.493 e. The molecule has 162 valence electrons. The molecular weight excluding hydrogens is 386 g/mol. The third-order valence-electron chi connectivity index (χ3n) is 4.81. The van der Waals surface area contributed by atoms with Gasteiger partial charge in [-0.05, 0) is 55.7 Å². The molecule has 7 heteroatoms. The smallest absolute Gasteiger partial charge is 0.344 e. The number of rotatable bonds is 10. The zero-order valence-electron chi connectivity index (χ0n) is 18.2. The monoisotopic (exact) mass is 415 g/mol. The first-order valence-electron chi connectivity index (χ1n) is 9.72. The number of aryl methyl sites for hydroxylation is 1. The van der Waals surface area contributed by atoms with E-state index in [2.05, 4.69) is 0 Å². The fraction of sp³-hybridized carbons (Fsp3) is 0.391. The van der Waals surface area contributed by atoms with Crippen LogP contribution >= 0.6 is 0 Å². The number of amides is 1. The Morgan fingerprint density at radius 3 is 2.33 bits per heavy atom. The van der Waals surface area contributed by atoms with E-state index >= 15 is 0 Å². The van der Waals surface area contributed by atoms with E-state index in [1.54, 1.807) is 31.3 Å². The summed E-state index contributed by atoms with van der Waals surface area (Å²) in [6.45, 7) is 6.01. The summed E-state index contributed by atoms with van der Waals surface area (Å²) in [6.07, 6.45) is 0. The van der Waals surface area contributed by atoms with Crippen molar-refractivity contribution in [1.82, 2.24) is 4.90 Å². The molecule has 2 rings (SSSR count). The summed E-state index contributed by atoms with van der Waals surface area (Å²) < 4.78 is 21.1. The standard InChI is InChI=1S/C23H29NO6/c1-6-24(13-18-10-11-20(27-4)21(12-18)28-5)22(25)14-30-23(26)15-29-19-9-7-8-16(2)17(19)3/h7-12H,6,13-15H2,1-5H3. The number of carbonyl (C=O) groups is 2. The number of ether oxygens (including phenoxy) is 4. The molecule has 0 aliphatic rings. The predicted molar refractivity (Wildman–Crippen MR) is 113 cm³/mol. The number of esters is 1. The third kappa shape index (κ3) is 6.14. The van der Waals surface area contributed by atoms with Crippen LogP contribution < -0.4 is 14.2 Å². The van der Waals surface area contributed by atoms with Gasteiger partial charge in [0.15, 0.2) is 24.7 Å². The molecular formula is C23H29NO6. The van der Waals surface area contributed by atoms with Gasteiger partial charge in [-0.1, -0.05) is 18.2 Å². The summed E-state index contributed by atoms with van der Waals surface area (Å²) in [5, 5.41) is 0. The number of hydrogen-bond acceptors (Lipinski definition) is 6. The summed E-state index contributed by atoms with van der Waals surface area (Å²) in [6, 6.07) is 11.1. The molecule has 0 spiro atoms. The highest BCUT2D eigenvalue weighted by Gasteiger charge is 2.16. The van der Waals surface area contributed by atoms with Crippen molar-refractivity contribution in [1.29, 1.82) is 0 Å². The van der Waals surface area contributed by atoms with Crippen molar-refractivity contribution >= 4 is 11.9 Å². The number of methoxy groups -OCH3 is 2. The van der Waals surface area contributed by atoms with Crippen LogP contribution in [0.5, 0.6) is 17.2 Å². The van der Waals surface area contributed by atoms with Gasteiger partial charge in [0.05, 0.1) is 14.2 Å². The molecule has 0 bridgehead atoms. The van der Waals surface area contributed by atoms with Crippen LogP contribution in [0, 0.1) is 13.8 Å². The van der Waals surface area contributed by atoms with Crippen molar-refractivity contribution in [3.63, 3.8) is 0 Å². The second-order valence-electron chi connectivity index (χ2n) is 6.74. The minimum atomic E-state index is -0.591. The number of benzene rings is 2. The summed E-state index contributed by atoms with van der Waals surface area (Å²) in [5.74, 6) is 0.961. The maximum Gasteiger partial charge on any atom is 0.344 e. The van der Waals surface area contributed by atoms with Crippen molar-refractivity contribution in [2.45, 2.75) is 27.3 Å². The number of likely N-dealkylation sites (N-methyl/N-ethyl adjacent to an activating group) is 1. The van der Waals surface area contributed by atoms with Crippen molar-refractivity contribution in [2.75, 3.05) is 34.0 Å². The lowest BCUT2D eigenvalue weighted by Gasteiger charge is -2.21. The lowest BCUT2D eigenvalue weighted by atomic mass is 10.1. The first-order chi connectivity index (χ1) is 14.4. The van der Waals surface area contributed by atoms with Crippen LogP contribution in [-0.2, 0) is 20.9 Å². The lowest BCUT2D eigenvalue weighted by molar-refractivity contribution is -0.153. The first kappa shape index (κ1) is 23.1. The average molecular weight is 415 g/mol. The van der Waals surface area contributed by atoms with E-state index in [0.29, 0.717) is 30.3 Å². The Bertz CT molecular complexity index is 880. The molecule has 0 aromatic heterocycles. The van der Waals surface area contributed by atoms with Crippen molar-refractivity contribution in [3.05, 3.63) is 53.1 Å². The molecule has 0 radical (unpaired) electrons. The van der Waals surface area contributed by atoms with Gasteiger partial charge in [-0.25, -0.2) is 4.79 Å². The Hall–Kier alpha value is -3.22. The van der Waals surface area contributed by atoms with Gasteiger partial charge < -0.3 is 23.8 Å². The molecule has 0 saturated carbocycles. The second kappa shape index (κ2) is 11.1. The van der Waals surface area contributed by atoms with Crippen LogP contribution in [0.2, 0.25) is 0 Å². The van der Waals surface area contributed by atoms with Gasteiger partial charge in [0.2, 0.25) is 0 Å². The molecule has 0 aliphatic heterocycles. The third-order valence-corrected chi connectivity index (χ3v) is 4.81. The lowest BCUT2D eigenvalue weighted by Crippen LogP contribution is -2.34. The zero-order valence-corrected chi connectivity index (χ0v) is 18.2. The van der Waals surface area contributed by atoms with Crippen LogP contribution in [0.4, 0.5) is 0 Å². The number of nitrogens with zero attached hydrogens (tertiary/aromatic N) is 1. The molecule has 0 N–H and O–H groups in total. The van der Waals surface area contributed by atoms with Gasteiger partial charge in [0.25, 0.3) is 5.91 Å². The highest BCUT2D eigenvalue weighted by Crippen LogP contribution is 2.28.